The van der Waals surface area contributed by atoms with Crippen molar-refractivity contribution in [1.82, 2.24) is 20.2 Å². The van der Waals surface area contributed by atoms with E-state index in [0.29, 0.717) is 28.9 Å². The number of benzene rings is 2. The molecule has 2 aromatic carbocycles. The van der Waals surface area contributed by atoms with Crippen molar-refractivity contribution in [1.29, 1.82) is 0 Å². The maximum atomic E-state index is 12.4. The maximum Gasteiger partial charge on any atom is 0.210 e. The monoisotopic (exact) mass is 382 g/mol. The fourth-order valence-electron chi connectivity index (χ4n) is 2.57. The van der Waals surface area contributed by atoms with Crippen LogP contribution in [0.5, 0.6) is 5.75 Å². The third kappa shape index (κ3) is 4.95. The molecule has 0 saturated carbocycles. The number of methoxy groups -OCH3 is 1. The highest BCUT2D eigenvalue weighted by Crippen LogP contribution is 2.20. The first-order chi connectivity index (χ1) is 13.1. The predicted octanol–water partition coefficient (Wildman–Crippen LogP) is 3.83. The number of carbonyl (C=O) groups excluding carboxylic acids is 1. The summed E-state index contributed by atoms with van der Waals surface area (Å²) in [5.74, 6) is 1.61. The smallest absolute Gasteiger partial charge is 0.210 e. The molecule has 0 radical (unpaired) electrons. The van der Waals surface area contributed by atoms with Crippen molar-refractivity contribution in [3.8, 4) is 5.75 Å². The van der Waals surface area contributed by atoms with E-state index < -0.39 is 0 Å². The summed E-state index contributed by atoms with van der Waals surface area (Å²) in [6.07, 6.45) is 0. The van der Waals surface area contributed by atoms with Gasteiger partial charge < -0.3 is 4.74 Å². The zero-order valence-corrected chi connectivity index (χ0v) is 16.4. The van der Waals surface area contributed by atoms with Crippen LogP contribution in [0.1, 0.15) is 41.3 Å². The van der Waals surface area contributed by atoms with Crippen LogP contribution in [0.2, 0.25) is 0 Å². The summed E-state index contributed by atoms with van der Waals surface area (Å²) in [6, 6.07) is 15.5. The third-order valence-electron chi connectivity index (χ3n) is 4.22. The topological polar surface area (TPSA) is 69.9 Å². The molecular formula is C20H22N4O2S. The van der Waals surface area contributed by atoms with Crippen molar-refractivity contribution >= 4 is 17.5 Å². The lowest BCUT2D eigenvalue weighted by Crippen LogP contribution is -2.07. The van der Waals surface area contributed by atoms with Crippen molar-refractivity contribution in [2.24, 2.45) is 0 Å². The Morgan fingerprint density at radius 1 is 1.11 bits per heavy atom. The first kappa shape index (κ1) is 19.1. The highest BCUT2D eigenvalue weighted by atomic mass is 32.2. The Labute approximate surface area is 162 Å². The molecule has 3 rings (SSSR count). The SMILES string of the molecule is COc1ccc(Cn2nnnc2SCC(=O)c2ccc(C(C)C)cc2)cc1. The number of hydrogen-bond acceptors (Lipinski definition) is 6. The summed E-state index contributed by atoms with van der Waals surface area (Å²) in [5, 5.41) is 12.4. The van der Waals surface area contributed by atoms with Gasteiger partial charge in [-0.15, -0.1) is 5.10 Å². The molecule has 6 nitrogen and oxygen atoms in total. The number of nitrogens with zero attached hydrogens (tertiary/aromatic N) is 4. The lowest BCUT2D eigenvalue weighted by molar-refractivity contribution is 0.102. The van der Waals surface area contributed by atoms with Gasteiger partial charge in [0.2, 0.25) is 5.16 Å². The molecule has 0 bridgehead atoms. The van der Waals surface area contributed by atoms with Gasteiger partial charge in [0.25, 0.3) is 0 Å². The molecule has 27 heavy (non-hydrogen) atoms. The average Bonchev–Trinajstić information content (AvgIpc) is 3.13. The number of tetrazole rings is 1. The van der Waals surface area contributed by atoms with Gasteiger partial charge in [-0.1, -0.05) is 62.0 Å². The second-order valence-electron chi connectivity index (χ2n) is 6.46. The summed E-state index contributed by atoms with van der Waals surface area (Å²) in [6.45, 7) is 4.81. The van der Waals surface area contributed by atoms with Crippen molar-refractivity contribution in [3.05, 3.63) is 65.2 Å². The van der Waals surface area contributed by atoms with Crippen LogP contribution in [-0.2, 0) is 6.54 Å². The summed E-state index contributed by atoms with van der Waals surface area (Å²) in [4.78, 5) is 12.4. The van der Waals surface area contributed by atoms with Gasteiger partial charge in [-0.2, -0.15) is 0 Å². The third-order valence-corrected chi connectivity index (χ3v) is 5.18. The number of rotatable bonds is 8. The van der Waals surface area contributed by atoms with E-state index >= 15 is 0 Å². The molecule has 0 aliphatic rings. The Morgan fingerprint density at radius 2 is 1.81 bits per heavy atom. The van der Waals surface area contributed by atoms with Crippen molar-refractivity contribution in [3.63, 3.8) is 0 Å². The Hall–Kier alpha value is -2.67. The van der Waals surface area contributed by atoms with Gasteiger partial charge >= 0.3 is 0 Å². The molecule has 0 spiro atoms. The molecule has 1 heterocycles. The second-order valence-corrected chi connectivity index (χ2v) is 7.40. The number of hydrogen-bond donors (Lipinski definition) is 0. The Balaban J connectivity index is 1.61. The molecule has 0 aliphatic carbocycles. The minimum atomic E-state index is 0.0642. The first-order valence-corrected chi connectivity index (χ1v) is 9.70. The van der Waals surface area contributed by atoms with Crippen LogP contribution < -0.4 is 4.74 Å². The van der Waals surface area contributed by atoms with E-state index in [9.17, 15) is 4.79 Å². The zero-order valence-electron chi connectivity index (χ0n) is 15.6. The molecule has 3 aromatic rings. The standard InChI is InChI=1S/C20H22N4O2S/c1-14(2)16-6-8-17(9-7-16)19(25)13-27-20-21-22-23-24(20)12-15-4-10-18(26-3)11-5-15/h4-11,14H,12-13H2,1-3H3. The van der Waals surface area contributed by atoms with Crippen LogP contribution in [0.3, 0.4) is 0 Å². The van der Waals surface area contributed by atoms with Crippen molar-refractivity contribution in [2.45, 2.75) is 31.5 Å². The molecule has 0 amide bonds. The molecule has 0 saturated heterocycles. The van der Waals surface area contributed by atoms with Crippen LogP contribution in [0.25, 0.3) is 0 Å². The van der Waals surface area contributed by atoms with Crippen LogP contribution >= 0.6 is 11.8 Å². The fraction of sp³-hybridized carbons (Fsp3) is 0.300. The van der Waals surface area contributed by atoms with Gasteiger partial charge in [0.05, 0.1) is 19.4 Å². The summed E-state index contributed by atoms with van der Waals surface area (Å²) in [5.41, 5.74) is 2.99. The number of Topliss-reactive ketones (excluding diaryl/α,β-unsaturated/α-hetero) is 1. The van der Waals surface area contributed by atoms with E-state index in [1.54, 1.807) is 11.8 Å². The zero-order chi connectivity index (χ0) is 19.2. The predicted molar refractivity (Wildman–Crippen MR) is 105 cm³/mol. The van der Waals surface area contributed by atoms with Gasteiger partial charge in [-0.25, -0.2) is 4.68 Å². The molecule has 140 valence electrons. The van der Waals surface area contributed by atoms with Gasteiger partial charge in [-0.05, 0) is 39.6 Å². The second kappa shape index (κ2) is 8.81. The van der Waals surface area contributed by atoms with E-state index in [2.05, 4.69) is 29.4 Å². The van der Waals surface area contributed by atoms with E-state index in [1.165, 1.54) is 17.3 Å². The van der Waals surface area contributed by atoms with Gasteiger partial charge in [-0.3, -0.25) is 4.79 Å². The number of ether oxygens (including phenoxy) is 1. The molecule has 0 fully saturated rings. The number of ketones is 1. The van der Waals surface area contributed by atoms with Crippen LogP contribution in [-0.4, -0.2) is 38.9 Å². The first-order valence-electron chi connectivity index (χ1n) is 8.72. The normalized spacial score (nSPS) is 11.0. The van der Waals surface area contributed by atoms with Crippen LogP contribution in [0.15, 0.2) is 53.7 Å². The van der Waals surface area contributed by atoms with E-state index in [1.807, 2.05) is 48.5 Å². The minimum Gasteiger partial charge on any atom is -0.497 e. The molecule has 0 unspecified atom stereocenters. The Bertz CT molecular complexity index is 889. The summed E-state index contributed by atoms with van der Waals surface area (Å²) in [7, 11) is 1.64. The Kier molecular flexibility index (Phi) is 6.24. The Morgan fingerprint density at radius 3 is 2.44 bits per heavy atom. The highest BCUT2D eigenvalue weighted by Gasteiger charge is 2.12. The van der Waals surface area contributed by atoms with Gasteiger partial charge in [0.15, 0.2) is 5.78 Å². The van der Waals surface area contributed by atoms with Crippen molar-refractivity contribution < 1.29 is 9.53 Å². The molecule has 7 heteroatoms. The molecule has 0 N–H and O–H groups in total. The van der Waals surface area contributed by atoms with E-state index in [0.717, 1.165) is 11.3 Å². The fourth-order valence-corrected chi connectivity index (χ4v) is 3.34. The van der Waals surface area contributed by atoms with Gasteiger partial charge in [0, 0.05) is 5.56 Å². The minimum absolute atomic E-state index is 0.0642. The lowest BCUT2D eigenvalue weighted by atomic mass is 10.0. The molecule has 0 atom stereocenters. The summed E-state index contributed by atoms with van der Waals surface area (Å²) < 4.78 is 6.86. The quantitative estimate of drug-likeness (QED) is 0.436. The van der Waals surface area contributed by atoms with E-state index in [-0.39, 0.29) is 5.78 Å². The number of aromatic nitrogens is 4. The molecule has 1 aromatic heterocycles. The van der Waals surface area contributed by atoms with Crippen LogP contribution in [0.4, 0.5) is 0 Å². The van der Waals surface area contributed by atoms with Gasteiger partial charge in [0.1, 0.15) is 5.75 Å². The molecular weight excluding hydrogens is 360 g/mol. The number of carbonyl (C=O) groups is 1. The average molecular weight is 382 g/mol. The highest BCUT2D eigenvalue weighted by molar-refractivity contribution is 7.99. The lowest BCUT2D eigenvalue weighted by Gasteiger charge is -2.07. The summed E-state index contributed by atoms with van der Waals surface area (Å²) >= 11 is 1.35. The van der Waals surface area contributed by atoms with Crippen LogP contribution in [0, 0.1) is 0 Å². The number of thioether (sulfide) groups is 1. The van der Waals surface area contributed by atoms with Crippen molar-refractivity contribution in [2.75, 3.05) is 12.9 Å². The molecule has 0 aliphatic heterocycles. The largest absolute Gasteiger partial charge is 0.497 e. The van der Waals surface area contributed by atoms with E-state index in [4.69, 9.17) is 4.74 Å². The maximum absolute atomic E-state index is 12.4.